The van der Waals surface area contributed by atoms with Gasteiger partial charge in [-0.15, -0.1) is 0 Å². The van der Waals surface area contributed by atoms with Gasteiger partial charge in [-0.2, -0.15) is 0 Å². The molecule has 1 saturated carbocycles. The first-order valence-corrected chi connectivity index (χ1v) is 14.8. The number of phenolic OH excluding ortho intramolecular Hbond substituents is 1. The Morgan fingerprint density at radius 1 is 0.915 bits per heavy atom. The number of carbonyl (C=O) groups is 1. The number of amides is 1. The third kappa shape index (κ3) is 6.72. The second-order valence-corrected chi connectivity index (χ2v) is 11.6. The lowest BCUT2D eigenvalue weighted by Gasteiger charge is -2.41. The van der Waals surface area contributed by atoms with Crippen LogP contribution in [0.1, 0.15) is 25.0 Å². The van der Waals surface area contributed by atoms with Gasteiger partial charge in [0.15, 0.2) is 23.0 Å². The van der Waals surface area contributed by atoms with Crippen molar-refractivity contribution in [1.82, 2.24) is 5.32 Å². The molecule has 16 nitrogen and oxygen atoms in total. The molecular formula is C31H36N2O14. The maximum Gasteiger partial charge on any atom is 0.247 e. The van der Waals surface area contributed by atoms with Gasteiger partial charge >= 0.3 is 0 Å². The Morgan fingerprint density at radius 3 is 2.43 bits per heavy atom. The highest BCUT2D eigenvalue weighted by atomic mass is 16.7. The molecule has 1 aliphatic carbocycles. The Balaban J connectivity index is 1.04. The van der Waals surface area contributed by atoms with Crippen molar-refractivity contribution >= 4 is 17.7 Å². The van der Waals surface area contributed by atoms with Crippen LogP contribution in [0.25, 0.3) is 6.08 Å². The summed E-state index contributed by atoms with van der Waals surface area (Å²) in [5.41, 5.74) is 1.58. The molecular weight excluding hydrogens is 624 g/mol. The number of rotatable bonds is 9. The summed E-state index contributed by atoms with van der Waals surface area (Å²) >= 11 is 0. The number of nitrogens with zero attached hydrogens (tertiary/aromatic N) is 1. The van der Waals surface area contributed by atoms with Crippen LogP contribution >= 0.6 is 0 Å². The van der Waals surface area contributed by atoms with E-state index in [2.05, 4.69) is 10.5 Å². The van der Waals surface area contributed by atoms with Gasteiger partial charge in [0, 0.05) is 5.57 Å². The number of carbonyl (C=O) groups excluding carboxylic acids is 1. The van der Waals surface area contributed by atoms with Crippen LogP contribution in [0.5, 0.6) is 23.0 Å². The molecule has 0 radical (unpaired) electrons. The minimum absolute atomic E-state index is 0.0643. The summed E-state index contributed by atoms with van der Waals surface area (Å²) in [4.78, 5) is 18.3. The molecule has 0 aromatic heterocycles. The molecule has 1 amide bonds. The molecule has 3 fully saturated rings. The Labute approximate surface area is 268 Å². The van der Waals surface area contributed by atoms with Crippen molar-refractivity contribution in [2.75, 3.05) is 13.6 Å². The van der Waals surface area contributed by atoms with Crippen LogP contribution in [0.4, 0.5) is 0 Å². The van der Waals surface area contributed by atoms with Gasteiger partial charge in [0.1, 0.15) is 62.2 Å². The van der Waals surface area contributed by atoms with Crippen LogP contribution in [0.15, 0.2) is 47.1 Å². The number of fused-ring (bicyclic) bond motifs is 2. The minimum Gasteiger partial charge on any atom is -0.504 e. The molecule has 3 aliphatic heterocycles. The van der Waals surface area contributed by atoms with Gasteiger partial charge in [-0.3, -0.25) is 4.79 Å². The SMILES string of the molecule is C/C(=N/OCc1ccc2c(c1)OCO2)[C@H]1O[C@@H](Oc2ccc(/C=C(\C)C(=O)NC3[C@@H](O)[C@@H]4OCO[C@@H]4[C@H](O)[C@H]3O)cc2O)[C@@H](O)[C@@H]1O. The quantitative estimate of drug-likeness (QED) is 0.1000. The number of aliphatic hydroxyl groups excluding tert-OH is 5. The fraction of sp³-hybridized carbons (Fsp3) is 0.484. The number of aromatic hydroxyl groups is 1. The maximum atomic E-state index is 12.9. The highest BCUT2D eigenvalue weighted by Gasteiger charge is 2.53. The zero-order valence-corrected chi connectivity index (χ0v) is 25.3. The fourth-order valence-electron chi connectivity index (χ4n) is 5.77. The summed E-state index contributed by atoms with van der Waals surface area (Å²) in [5.74, 6) is 0.190. The minimum atomic E-state index is -1.50. The van der Waals surface area contributed by atoms with E-state index in [0.717, 1.165) is 5.56 Å². The summed E-state index contributed by atoms with van der Waals surface area (Å²) in [7, 11) is 0. The molecule has 47 heavy (non-hydrogen) atoms. The molecule has 10 atom stereocenters. The first-order chi connectivity index (χ1) is 22.5. The second kappa shape index (κ2) is 13.6. The third-order valence-corrected chi connectivity index (χ3v) is 8.38. The van der Waals surface area contributed by atoms with Gasteiger partial charge in [-0.05, 0) is 55.3 Å². The van der Waals surface area contributed by atoms with Gasteiger partial charge in [-0.1, -0.05) is 17.3 Å². The van der Waals surface area contributed by atoms with E-state index in [1.54, 1.807) is 25.1 Å². The zero-order chi connectivity index (χ0) is 33.4. The number of nitrogens with one attached hydrogen (secondary N) is 1. The number of hydrogen-bond acceptors (Lipinski definition) is 15. The van der Waals surface area contributed by atoms with Gasteiger partial charge < -0.3 is 69.2 Å². The predicted molar refractivity (Wildman–Crippen MR) is 158 cm³/mol. The van der Waals surface area contributed by atoms with E-state index in [-0.39, 0.29) is 43.0 Å². The lowest BCUT2D eigenvalue weighted by molar-refractivity contribution is -0.155. The molecule has 6 rings (SSSR count). The second-order valence-electron chi connectivity index (χ2n) is 11.6. The summed E-state index contributed by atoms with van der Waals surface area (Å²) in [5, 5.41) is 69.7. The van der Waals surface area contributed by atoms with Crippen LogP contribution in [0.2, 0.25) is 0 Å². The third-order valence-electron chi connectivity index (χ3n) is 8.38. The van der Waals surface area contributed by atoms with Crippen LogP contribution in [0, 0.1) is 0 Å². The summed E-state index contributed by atoms with van der Waals surface area (Å²) in [6.07, 6.45) is -9.88. The molecule has 2 aromatic rings. The number of ether oxygens (including phenoxy) is 6. The largest absolute Gasteiger partial charge is 0.504 e. The number of phenols is 1. The molecule has 1 unspecified atom stereocenters. The van der Waals surface area contributed by atoms with E-state index in [4.69, 9.17) is 33.3 Å². The van der Waals surface area contributed by atoms with E-state index in [1.165, 1.54) is 31.2 Å². The van der Waals surface area contributed by atoms with Gasteiger partial charge in [0.25, 0.3) is 0 Å². The zero-order valence-electron chi connectivity index (χ0n) is 25.3. The van der Waals surface area contributed by atoms with Crippen molar-refractivity contribution in [3.8, 4) is 23.0 Å². The van der Waals surface area contributed by atoms with E-state index < -0.39 is 67.1 Å². The average Bonchev–Trinajstić information content (AvgIpc) is 3.80. The molecule has 2 aromatic carbocycles. The van der Waals surface area contributed by atoms with Crippen LogP contribution < -0.4 is 19.5 Å². The van der Waals surface area contributed by atoms with Gasteiger partial charge in [0.05, 0.1) is 11.8 Å². The lowest BCUT2D eigenvalue weighted by Crippen LogP contribution is -2.67. The molecule has 7 N–H and O–H groups in total. The Morgan fingerprint density at radius 2 is 1.66 bits per heavy atom. The van der Waals surface area contributed by atoms with Crippen molar-refractivity contribution in [3.63, 3.8) is 0 Å². The molecule has 4 aliphatic rings. The Hall–Kier alpha value is -4.00. The molecule has 254 valence electrons. The molecule has 0 bridgehead atoms. The number of oxime groups is 1. The standard InChI is InChI=1S/C31H36N2O14/c1-13(30(40)32-21-22(35)24(37)29-28(23(21)36)43-12-44-29)7-15-3-5-18(17(34)8-15)46-31-26(39)25(38)27(47-31)14(2)33-45-10-16-4-6-19-20(9-16)42-11-41-19/h3-9,21-29,31,34-39H,10-12H2,1-2H3,(H,32,40)/b13-7+,33-14-/t21?,22-,23+,24+,25-,26-,27+,28-,29+,31+/m0/s1. The van der Waals surface area contributed by atoms with Crippen molar-refractivity contribution in [3.05, 3.63) is 53.1 Å². The maximum absolute atomic E-state index is 12.9. The van der Waals surface area contributed by atoms with Gasteiger partial charge in [0.2, 0.25) is 19.0 Å². The van der Waals surface area contributed by atoms with Crippen molar-refractivity contribution < 1.29 is 68.7 Å². The highest BCUT2D eigenvalue weighted by molar-refractivity contribution is 5.97. The monoisotopic (exact) mass is 660 g/mol. The topological polar surface area (TPSA) is 227 Å². The number of benzene rings is 2. The predicted octanol–water partition coefficient (Wildman–Crippen LogP) is -0.735. The Kier molecular flexibility index (Phi) is 9.54. The smallest absolute Gasteiger partial charge is 0.247 e. The van der Waals surface area contributed by atoms with Crippen molar-refractivity contribution in [2.45, 2.75) is 81.6 Å². The summed E-state index contributed by atoms with van der Waals surface area (Å²) < 4.78 is 32.5. The van der Waals surface area contributed by atoms with Crippen molar-refractivity contribution in [1.29, 1.82) is 0 Å². The number of aliphatic hydroxyl groups is 5. The molecule has 3 heterocycles. The van der Waals surface area contributed by atoms with Crippen LogP contribution in [-0.4, -0.2) is 117 Å². The summed E-state index contributed by atoms with van der Waals surface area (Å²) in [6, 6.07) is 8.32. The fourth-order valence-corrected chi connectivity index (χ4v) is 5.77. The van der Waals surface area contributed by atoms with Gasteiger partial charge in [-0.25, -0.2) is 0 Å². The van der Waals surface area contributed by atoms with Crippen molar-refractivity contribution in [2.24, 2.45) is 5.16 Å². The Bertz CT molecular complexity index is 1530. The first kappa shape index (κ1) is 32.9. The van der Waals surface area contributed by atoms with Crippen LogP contribution in [0.3, 0.4) is 0 Å². The highest BCUT2D eigenvalue weighted by Crippen LogP contribution is 2.34. The van der Waals surface area contributed by atoms with E-state index in [1.807, 2.05) is 0 Å². The first-order valence-electron chi connectivity index (χ1n) is 14.8. The van der Waals surface area contributed by atoms with Crippen LogP contribution in [-0.2, 0) is 30.4 Å². The molecule has 2 saturated heterocycles. The van der Waals surface area contributed by atoms with E-state index in [9.17, 15) is 35.4 Å². The lowest BCUT2D eigenvalue weighted by atomic mass is 9.83. The van der Waals surface area contributed by atoms with E-state index in [0.29, 0.717) is 17.1 Å². The normalized spacial score (nSPS) is 33.4. The average molecular weight is 661 g/mol. The van der Waals surface area contributed by atoms with E-state index >= 15 is 0 Å². The molecule has 16 heteroatoms. The number of hydrogen-bond donors (Lipinski definition) is 7. The molecule has 0 spiro atoms. The summed E-state index contributed by atoms with van der Waals surface area (Å²) in [6.45, 7) is 3.15.